The normalized spacial score (nSPS) is 17.7. The summed E-state index contributed by atoms with van der Waals surface area (Å²) in [5, 5.41) is 12.1. The van der Waals surface area contributed by atoms with E-state index in [-0.39, 0.29) is 6.04 Å². The van der Waals surface area contributed by atoms with Gasteiger partial charge < -0.3 is 10.4 Å². The van der Waals surface area contributed by atoms with Crippen molar-refractivity contribution in [2.24, 2.45) is 0 Å². The van der Waals surface area contributed by atoms with Gasteiger partial charge in [0.1, 0.15) is 6.04 Å². The molecular weight excluding hydrogens is 210 g/mol. The third-order valence-corrected chi connectivity index (χ3v) is 3.61. The number of carbonyl (C=O) groups is 1. The van der Waals surface area contributed by atoms with Crippen molar-refractivity contribution in [1.29, 1.82) is 0 Å². The number of aliphatic carboxylic acids is 1. The van der Waals surface area contributed by atoms with E-state index in [0.29, 0.717) is 6.04 Å². The van der Waals surface area contributed by atoms with Gasteiger partial charge in [0.2, 0.25) is 0 Å². The molecule has 0 saturated heterocycles. The van der Waals surface area contributed by atoms with E-state index in [1.165, 1.54) is 12.8 Å². The van der Waals surface area contributed by atoms with Crippen LogP contribution in [-0.2, 0) is 4.79 Å². The number of thioether (sulfide) groups is 1. The first-order chi connectivity index (χ1) is 7.24. The van der Waals surface area contributed by atoms with Crippen LogP contribution >= 0.6 is 11.8 Å². The molecule has 1 aliphatic rings. The zero-order valence-corrected chi connectivity index (χ0v) is 10.2. The number of unbranched alkanes of at least 4 members (excludes halogenated alkanes) is 1. The monoisotopic (exact) mass is 231 g/mol. The van der Waals surface area contributed by atoms with Crippen LogP contribution in [0.2, 0.25) is 0 Å². The molecule has 0 aromatic heterocycles. The molecule has 15 heavy (non-hydrogen) atoms. The highest BCUT2D eigenvalue weighted by Gasteiger charge is 2.27. The quantitative estimate of drug-likeness (QED) is 0.597. The fourth-order valence-electron chi connectivity index (χ4n) is 1.36. The Hall–Kier alpha value is -0.220. The predicted octanol–water partition coefficient (Wildman–Crippen LogP) is 2.11. The molecule has 2 N–H and O–H groups in total. The Bertz CT molecular complexity index is 195. The first-order valence-electron chi connectivity index (χ1n) is 5.80. The minimum atomic E-state index is -0.696. The molecule has 0 heterocycles. The smallest absolute Gasteiger partial charge is 0.320 e. The van der Waals surface area contributed by atoms with Gasteiger partial charge in [-0.05, 0) is 37.2 Å². The van der Waals surface area contributed by atoms with E-state index in [0.717, 1.165) is 30.8 Å². The molecule has 3 nitrogen and oxygen atoms in total. The Morgan fingerprint density at radius 2 is 2.27 bits per heavy atom. The SMILES string of the molecule is CCCCSCCC(NC1CC1)C(=O)O. The Labute approximate surface area is 96.0 Å². The lowest BCUT2D eigenvalue weighted by Gasteiger charge is -2.13. The third-order valence-electron chi connectivity index (χ3n) is 2.51. The number of carboxylic acid groups (broad SMARTS) is 1. The van der Waals surface area contributed by atoms with Gasteiger partial charge >= 0.3 is 5.97 Å². The van der Waals surface area contributed by atoms with E-state index in [9.17, 15) is 4.79 Å². The van der Waals surface area contributed by atoms with Gasteiger partial charge in [-0.25, -0.2) is 0 Å². The van der Waals surface area contributed by atoms with Gasteiger partial charge in [0, 0.05) is 6.04 Å². The largest absolute Gasteiger partial charge is 0.480 e. The zero-order valence-electron chi connectivity index (χ0n) is 9.37. The summed E-state index contributed by atoms with van der Waals surface area (Å²) in [6.07, 6.45) is 5.49. The van der Waals surface area contributed by atoms with E-state index < -0.39 is 5.97 Å². The molecule has 0 aromatic rings. The van der Waals surface area contributed by atoms with Crippen LogP contribution in [0.25, 0.3) is 0 Å². The molecule has 1 aliphatic carbocycles. The second-order valence-electron chi connectivity index (χ2n) is 4.09. The number of nitrogens with one attached hydrogen (secondary N) is 1. The van der Waals surface area contributed by atoms with Crippen LogP contribution in [0.4, 0.5) is 0 Å². The molecule has 0 radical (unpaired) electrons. The summed E-state index contributed by atoms with van der Waals surface area (Å²) in [6.45, 7) is 2.18. The van der Waals surface area contributed by atoms with Gasteiger partial charge in [-0.3, -0.25) is 4.79 Å². The molecule has 1 rings (SSSR count). The number of carboxylic acids is 1. The van der Waals surface area contributed by atoms with Gasteiger partial charge in [-0.15, -0.1) is 0 Å². The highest BCUT2D eigenvalue weighted by molar-refractivity contribution is 7.99. The van der Waals surface area contributed by atoms with Crippen molar-refractivity contribution < 1.29 is 9.90 Å². The molecular formula is C11H21NO2S. The number of hydrogen-bond acceptors (Lipinski definition) is 3. The van der Waals surface area contributed by atoms with E-state index in [1.54, 1.807) is 0 Å². The summed E-state index contributed by atoms with van der Waals surface area (Å²) in [5.41, 5.74) is 0. The van der Waals surface area contributed by atoms with Gasteiger partial charge in [0.25, 0.3) is 0 Å². The molecule has 0 aromatic carbocycles. The lowest BCUT2D eigenvalue weighted by molar-refractivity contribution is -0.139. The Morgan fingerprint density at radius 3 is 2.80 bits per heavy atom. The molecule has 1 fully saturated rings. The molecule has 0 amide bonds. The van der Waals surface area contributed by atoms with E-state index >= 15 is 0 Å². The Morgan fingerprint density at radius 1 is 1.53 bits per heavy atom. The van der Waals surface area contributed by atoms with Crippen molar-refractivity contribution >= 4 is 17.7 Å². The second kappa shape index (κ2) is 7.12. The van der Waals surface area contributed by atoms with Crippen LogP contribution in [0.15, 0.2) is 0 Å². The molecule has 1 saturated carbocycles. The van der Waals surface area contributed by atoms with Crippen molar-refractivity contribution in [3.8, 4) is 0 Å². The first kappa shape index (κ1) is 12.8. The first-order valence-corrected chi connectivity index (χ1v) is 6.96. The van der Waals surface area contributed by atoms with Crippen LogP contribution in [0, 0.1) is 0 Å². The average Bonchev–Trinajstić information content (AvgIpc) is 2.99. The average molecular weight is 231 g/mol. The van der Waals surface area contributed by atoms with Crippen molar-refractivity contribution in [3.05, 3.63) is 0 Å². The van der Waals surface area contributed by atoms with Crippen LogP contribution < -0.4 is 5.32 Å². The molecule has 1 atom stereocenters. The van der Waals surface area contributed by atoms with Crippen LogP contribution in [0.1, 0.15) is 39.0 Å². The standard InChI is InChI=1S/C11H21NO2S/c1-2-3-7-15-8-6-10(11(13)14)12-9-4-5-9/h9-10,12H,2-8H2,1H3,(H,13,14). The lowest BCUT2D eigenvalue weighted by Crippen LogP contribution is -2.38. The molecule has 0 spiro atoms. The number of hydrogen-bond donors (Lipinski definition) is 2. The predicted molar refractivity (Wildman–Crippen MR) is 64.4 cm³/mol. The number of rotatable bonds is 9. The molecule has 0 bridgehead atoms. The van der Waals surface area contributed by atoms with Crippen LogP contribution in [-0.4, -0.2) is 34.7 Å². The van der Waals surface area contributed by atoms with Gasteiger partial charge in [-0.2, -0.15) is 11.8 Å². The summed E-state index contributed by atoms with van der Waals surface area (Å²) in [5.74, 6) is 1.42. The fourth-order valence-corrected chi connectivity index (χ4v) is 2.46. The van der Waals surface area contributed by atoms with Gasteiger partial charge in [-0.1, -0.05) is 13.3 Å². The van der Waals surface area contributed by atoms with E-state index in [4.69, 9.17) is 5.11 Å². The second-order valence-corrected chi connectivity index (χ2v) is 5.31. The maximum absolute atomic E-state index is 10.9. The Kier molecular flexibility index (Phi) is 6.10. The summed E-state index contributed by atoms with van der Waals surface area (Å²) in [4.78, 5) is 10.9. The lowest BCUT2D eigenvalue weighted by atomic mass is 10.2. The summed E-state index contributed by atoms with van der Waals surface area (Å²) >= 11 is 1.87. The fraction of sp³-hybridized carbons (Fsp3) is 0.909. The zero-order chi connectivity index (χ0) is 11.1. The molecule has 88 valence electrons. The topological polar surface area (TPSA) is 49.3 Å². The van der Waals surface area contributed by atoms with Crippen molar-refractivity contribution in [1.82, 2.24) is 5.32 Å². The van der Waals surface area contributed by atoms with Crippen LogP contribution in [0.5, 0.6) is 0 Å². The third kappa shape index (κ3) is 6.05. The van der Waals surface area contributed by atoms with E-state index in [1.807, 2.05) is 11.8 Å². The molecule has 1 unspecified atom stereocenters. The van der Waals surface area contributed by atoms with Gasteiger partial charge in [0.15, 0.2) is 0 Å². The van der Waals surface area contributed by atoms with E-state index in [2.05, 4.69) is 12.2 Å². The highest BCUT2D eigenvalue weighted by atomic mass is 32.2. The van der Waals surface area contributed by atoms with Gasteiger partial charge in [0.05, 0.1) is 0 Å². The van der Waals surface area contributed by atoms with Crippen LogP contribution in [0.3, 0.4) is 0 Å². The minimum absolute atomic E-state index is 0.327. The maximum atomic E-state index is 10.9. The van der Waals surface area contributed by atoms with Crippen molar-refractivity contribution in [3.63, 3.8) is 0 Å². The Balaban J connectivity index is 2.05. The van der Waals surface area contributed by atoms with Crippen molar-refractivity contribution in [2.75, 3.05) is 11.5 Å². The summed E-state index contributed by atoms with van der Waals surface area (Å²) in [6, 6.07) is 0.151. The summed E-state index contributed by atoms with van der Waals surface area (Å²) < 4.78 is 0. The minimum Gasteiger partial charge on any atom is -0.480 e. The molecule has 0 aliphatic heterocycles. The molecule has 4 heteroatoms. The summed E-state index contributed by atoms with van der Waals surface area (Å²) in [7, 11) is 0. The highest BCUT2D eigenvalue weighted by Crippen LogP contribution is 2.20. The maximum Gasteiger partial charge on any atom is 0.320 e. The van der Waals surface area contributed by atoms with Crippen molar-refractivity contribution in [2.45, 2.75) is 51.1 Å².